The van der Waals surface area contributed by atoms with Crippen LogP contribution in [0.3, 0.4) is 0 Å². The molecular weight excluding hydrogens is 244 g/mol. The van der Waals surface area contributed by atoms with Crippen molar-refractivity contribution >= 4 is 16.5 Å². The van der Waals surface area contributed by atoms with E-state index in [1.54, 1.807) is 11.3 Å². The standard InChI is InChI=1S/C14H24N2OS/c1-4-11-7-6-10(3)16(8-11)14-15-12(5-2)13(9-17)18-14/h10-11,17H,4-9H2,1-3H3. The second kappa shape index (κ2) is 6.02. The Kier molecular flexibility index (Phi) is 4.62. The van der Waals surface area contributed by atoms with Crippen LogP contribution in [0.5, 0.6) is 0 Å². The Bertz CT molecular complexity index is 370. The largest absolute Gasteiger partial charge is 0.391 e. The molecular formula is C14H24N2OS. The summed E-state index contributed by atoms with van der Waals surface area (Å²) in [4.78, 5) is 8.21. The fourth-order valence-electron chi connectivity index (χ4n) is 2.67. The van der Waals surface area contributed by atoms with Gasteiger partial charge in [-0.15, -0.1) is 0 Å². The molecule has 0 radical (unpaired) electrons. The number of aryl methyl sites for hydroxylation is 1. The van der Waals surface area contributed by atoms with Crippen LogP contribution in [0.1, 0.15) is 50.6 Å². The minimum Gasteiger partial charge on any atom is -0.391 e. The molecule has 102 valence electrons. The maximum atomic E-state index is 9.38. The highest BCUT2D eigenvalue weighted by Crippen LogP contribution is 2.33. The van der Waals surface area contributed by atoms with Crippen molar-refractivity contribution in [2.45, 2.75) is 59.1 Å². The average Bonchev–Trinajstić information content (AvgIpc) is 2.82. The Morgan fingerprint density at radius 1 is 1.39 bits per heavy atom. The molecule has 3 nitrogen and oxygen atoms in total. The molecule has 1 aromatic rings. The highest BCUT2D eigenvalue weighted by Gasteiger charge is 2.27. The molecule has 1 aliphatic heterocycles. The van der Waals surface area contributed by atoms with Crippen LogP contribution < -0.4 is 4.90 Å². The molecule has 2 heterocycles. The van der Waals surface area contributed by atoms with Crippen LogP contribution in [0.25, 0.3) is 0 Å². The van der Waals surface area contributed by atoms with E-state index in [0.29, 0.717) is 6.04 Å². The first-order valence-corrected chi connectivity index (χ1v) is 7.87. The van der Waals surface area contributed by atoms with Gasteiger partial charge < -0.3 is 10.0 Å². The van der Waals surface area contributed by atoms with Crippen molar-refractivity contribution in [1.29, 1.82) is 0 Å². The van der Waals surface area contributed by atoms with Crippen LogP contribution in [0, 0.1) is 5.92 Å². The van der Waals surface area contributed by atoms with Crippen LogP contribution in [-0.2, 0) is 13.0 Å². The first kappa shape index (κ1) is 13.8. The van der Waals surface area contributed by atoms with E-state index in [0.717, 1.165) is 34.6 Å². The normalized spacial score (nSPS) is 24.6. The predicted molar refractivity (Wildman–Crippen MR) is 77.2 cm³/mol. The fourth-order valence-corrected chi connectivity index (χ4v) is 3.79. The Morgan fingerprint density at radius 3 is 2.72 bits per heavy atom. The third-order valence-corrected chi connectivity index (χ3v) is 5.17. The van der Waals surface area contributed by atoms with E-state index in [1.807, 2.05) is 0 Å². The Balaban J connectivity index is 2.20. The van der Waals surface area contributed by atoms with Gasteiger partial charge in [-0.25, -0.2) is 4.98 Å². The zero-order valence-corrected chi connectivity index (χ0v) is 12.5. The summed E-state index contributed by atoms with van der Waals surface area (Å²) in [6.07, 6.45) is 4.76. The van der Waals surface area contributed by atoms with E-state index < -0.39 is 0 Å². The maximum Gasteiger partial charge on any atom is 0.186 e. The van der Waals surface area contributed by atoms with Crippen LogP contribution in [0.2, 0.25) is 0 Å². The van der Waals surface area contributed by atoms with Gasteiger partial charge in [-0.05, 0) is 32.1 Å². The lowest BCUT2D eigenvalue weighted by Crippen LogP contribution is -2.41. The highest BCUT2D eigenvalue weighted by atomic mass is 32.1. The summed E-state index contributed by atoms with van der Waals surface area (Å²) in [6, 6.07) is 0.579. The van der Waals surface area contributed by atoms with E-state index in [1.165, 1.54) is 19.3 Å². The number of hydrogen-bond acceptors (Lipinski definition) is 4. The first-order valence-electron chi connectivity index (χ1n) is 7.05. The second-order valence-electron chi connectivity index (χ2n) is 5.23. The number of piperidine rings is 1. The van der Waals surface area contributed by atoms with Gasteiger partial charge in [-0.3, -0.25) is 0 Å². The molecule has 2 unspecified atom stereocenters. The number of nitrogens with zero attached hydrogens (tertiary/aromatic N) is 2. The minimum absolute atomic E-state index is 0.125. The number of hydrogen-bond donors (Lipinski definition) is 1. The van der Waals surface area contributed by atoms with Gasteiger partial charge in [-0.1, -0.05) is 31.6 Å². The van der Waals surface area contributed by atoms with Crippen molar-refractivity contribution in [2.75, 3.05) is 11.4 Å². The quantitative estimate of drug-likeness (QED) is 0.911. The van der Waals surface area contributed by atoms with Gasteiger partial charge >= 0.3 is 0 Å². The Hall–Kier alpha value is -0.610. The van der Waals surface area contributed by atoms with Gasteiger partial charge in [0.2, 0.25) is 0 Å². The molecule has 0 spiro atoms. The lowest BCUT2D eigenvalue weighted by molar-refractivity contribution is 0.284. The van der Waals surface area contributed by atoms with E-state index >= 15 is 0 Å². The molecule has 2 rings (SSSR count). The van der Waals surface area contributed by atoms with Gasteiger partial charge in [-0.2, -0.15) is 0 Å². The zero-order chi connectivity index (χ0) is 13.1. The molecule has 2 atom stereocenters. The minimum atomic E-state index is 0.125. The summed E-state index contributed by atoms with van der Waals surface area (Å²) in [6.45, 7) is 7.92. The summed E-state index contributed by atoms with van der Waals surface area (Å²) in [5, 5.41) is 10.5. The topological polar surface area (TPSA) is 36.4 Å². The third-order valence-electron chi connectivity index (χ3n) is 4.05. The number of aromatic nitrogens is 1. The number of thiazole rings is 1. The Labute approximate surface area is 114 Å². The number of aliphatic hydroxyl groups excluding tert-OH is 1. The Morgan fingerprint density at radius 2 is 2.17 bits per heavy atom. The summed E-state index contributed by atoms with van der Waals surface area (Å²) in [5.41, 5.74) is 1.07. The van der Waals surface area contributed by atoms with Gasteiger partial charge in [0.05, 0.1) is 17.2 Å². The molecule has 1 fully saturated rings. The van der Waals surface area contributed by atoms with E-state index in [2.05, 4.69) is 25.7 Å². The van der Waals surface area contributed by atoms with Crippen LogP contribution in [0.15, 0.2) is 0 Å². The molecule has 0 aromatic carbocycles. The average molecular weight is 268 g/mol. The monoisotopic (exact) mass is 268 g/mol. The van der Waals surface area contributed by atoms with Crippen molar-refractivity contribution in [3.63, 3.8) is 0 Å². The lowest BCUT2D eigenvalue weighted by atomic mass is 9.92. The second-order valence-corrected chi connectivity index (χ2v) is 6.29. The number of rotatable bonds is 4. The van der Waals surface area contributed by atoms with Crippen molar-refractivity contribution in [3.8, 4) is 0 Å². The summed E-state index contributed by atoms with van der Waals surface area (Å²) >= 11 is 1.67. The maximum absolute atomic E-state index is 9.38. The molecule has 0 bridgehead atoms. The SMILES string of the molecule is CCc1nc(N2CC(CC)CCC2C)sc1CO. The van der Waals surface area contributed by atoms with Gasteiger partial charge in [0, 0.05) is 12.6 Å². The summed E-state index contributed by atoms with van der Waals surface area (Å²) < 4.78 is 0. The van der Waals surface area contributed by atoms with E-state index in [9.17, 15) is 5.11 Å². The van der Waals surface area contributed by atoms with Crippen molar-refractivity contribution in [3.05, 3.63) is 10.6 Å². The molecule has 1 N–H and O–H groups in total. The molecule has 0 amide bonds. The van der Waals surface area contributed by atoms with Crippen LogP contribution in [0.4, 0.5) is 5.13 Å². The van der Waals surface area contributed by atoms with Crippen molar-refractivity contribution in [2.24, 2.45) is 5.92 Å². The van der Waals surface area contributed by atoms with Gasteiger partial charge in [0.1, 0.15) is 0 Å². The van der Waals surface area contributed by atoms with E-state index in [-0.39, 0.29) is 6.61 Å². The van der Waals surface area contributed by atoms with Crippen LogP contribution >= 0.6 is 11.3 Å². The lowest BCUT2D eigenvalue weighted by Gasteiger charge is -2.37. The molecule has 1 saturated heterocycles. The molecule has 1 aromatic heterocycles. The zero-order valence-electron chi connectivity index (χ0n) is 11.6. The van der Waals surface area contributed by atoms with Crippen LogP contribution in [-0.4, -0.2) is 22.7 Å². The van der Waals surface area contributed by atoms with Gasteiger partial charge in [0.15, 0.2) is 5.13 Å². The van der Waals surface area contributed by atoms with Gasteiger partial charge in [0.25, 0.3) is 0 Å². The smallest absolute Gasteiger partial charge is 0.186 e. The van der Waals surface area contributed by atoms with Crippen molar-refractivity contribution in [1.82, 2.24) is 4.98 Å². The first-order chi connectivity index (χ1) is 8.69. The fraction of sp³-hybridized carbons (Fsp3) is 0.786. The highest BCUT2D eigenvalue weighted by molar-refractivity contribution is 7.15. The predicted octanol–water partition coefficient (Wildman–Crippen LogP) is 3.21. The molecule has 0 aliphatic carbocycles. The van der Waals surface area contributed by atoms with E-state index in [4.69, 9.17) is 4.98 Å². The summed E-state index contributed by atoms with van der Waals surface area (Å²) in [7, 11) is 0. The molecule has 1 aliphatic rings. The molecule has 4 heteroatoms. The molecule has 0 saturated carbocycles. The summed E-state index contributed by atoms with van der Waals surface area (Å²) in [5.74, 6) is 0.799. The third kappa shape index (κ3) is 2.69. The number of anilines is 1. The molecule has 18 heavy (non-hydrogen) atoms. The number of aliphatic hydroxyl groups is 1. The van der Waals surface area contributed by atoms with Crippen molar-refractivity contribution < 1.29 is 5.11 Å².